The second-order valence-corrected chi connectivity index (χ2v) is 5.35. The molecule has 2 aromatic rings. The van der Waals surface area contributed by atoms with Gasteiger partial charge in [-0.1, -0.05) is 0 Å². The summed E-state index contributed by atoms with van der Waals surface area (Å²) in [4.78, 5) is 7.31. The Bertz CT molecular complexity index is 652. The van der Waals surface area contributed by atoms with Crippen LogP contribution in [-0.2, 0) is 16.3 Å². The lowest BCUT2D eigenvalue weighted by atomic mass is 9.85. The zero-order valence-electron chi connectivity index (χ0n) is 10.8. The number of hydrogen-bond donors (Lipinski definition) is 2. The first-order chi connectivity index (χ1) is 9.30. The van der Waals surface area contributed by atoms with Crippen molar-refractivity contribution in [2.75, 3.05) is 13.2 Å². The second-order valence-electron chi connectivity index (χ2n) is 5.35. The fraction of sp³-hybridized carbons (Fsp3) is 0.462. The average molecular weight is 285 g/mol. The Morgan fingerprint density at radius 3 is 2.80 bits per heavy atom. The molecule has 1 aromatic heterocycles. The Labute approximate surface area is 113 Å². The molecule has 2 atom stereocenters. The first-order valence-electron chi connectivity index (χ1n) is 6.21. The lowest BCUT2D eigenvalue weighted by molar-refractivity contribution is -0.137. The number of fused-ring (bicyclic) bond motifs is 1. The Morgan fingerprint density at radius 1 is 1.45 bits per heavy atom. The summed E-state index contributed by atoms with van der Waals surface area (Å²) in [5.74, 6) is 0.567. The topological polar surface area (TPSA) is 63.9 Å². The van der Waals surface area contributed by atoms with E-state index in [1.807, 2.05) is 6.92 Å². The number of imidazole rings is 1. The van der Waals surface area contributed by atoms with Crippen LogP contribution in [0.5, 0.6) is 0 Å². The van der Waals surface area contributed by atoms with Crippen molar-refractivity contribution in [2.45, 2.75) is 24.6 Å². The van der Waals surface area contributed by atoms with E-state index in [1.165, 1.54) is 6.07 Å². The maximum absolute atomic E-state index is 12.7. The van der Waals surface area contributed by atoms with E-state index in [0.717, 1.165) is 12.1 Å². The van der Waals surface area contributed by atoms with E-state index in [-0.39, 0.29) is 6.04 Å². The monoisotopic (exact) mass is 285 g/mol. The molecule has 0 bridgehead atoms. The minimum atomic E-state index is -4.36. The highest BCUT2D eigenvalue weighted by molar-refractivity contribution is 5.76. The van der Waals surface area contributed by atoms with E-state index < -0.39 is 17.2 Å². The van der Waals surface area contributed by atoms with Crippen molar-refractivity contribution in [3.05, 3.63) is 29.6 Å². The first-order valence-corrected chi connectivity index (χ1v) is 6.21. The van der Waals surface area contributed by atoms with Gasteiger partial charge in [0.05, 0.1) is 35.2 Å². The molecular formula is C13H14F3N3O. The molecule has 3 rings (SSSR count). The Morgan fingerprint density at radius 2 is 2.20 bits per heavy atom. The van der Waals surface area contributed by atoms with Crippen LogP contribution in [0.3, 0.4) is 0 Å². The number of halogens is 3. The predicted octanol–water partition coefficient (Wildman–Crippen LogP) is 2.20. The van der Waals surface area contributed by atoms with Crippen LogP contribution in [-0.4, -0.2) is 29.2 Å². The number of nitrogens with zero attached hydrogens (tertiary/aromatic N) is 1. The number of H-pyrrole nitrogens is 1. The number of nitrogens with one attached hydrogen (secondary N) is 1. The van der Waals surface area contributed by atoms with Gasteiger partial charge in [0.15, 0.2) is 0 Å². The highest BCUT2D eigenvalue weighted by Crippen LogP contribution is 2.34. The fourth-order valence-electron chi connectivity index (χ4n) is 2.39. The van der Waals surface area contributed by atoms with Gasteiger partial charge in [-0.25, -0.2) is 4.98 Å². The molecule has 1 aliphatic heterocycles. The molecule has 0 amide bonds. The van der Waals surface area contributed by atoms with Crippen LogP contribution in [0, 0.1) is 0 Å². The molecule has 0 spiro atoms. The van der Waals surface area contributed by atoms with Crippen molar-refractivity contribution in [1.29, 1.82) is 0 Å². The van der Waals surface area contributed by atoms with Crippen LogP contribution >= 0.6 is 0 Å². The van der Waals surface area contributed by atoms with Gasteiger partial charge >= 0.3 is 6.18 Å². The zero-order chi connectivity index (χ0) is 14.5. The summed E-state index contributed by atoms with van der Waals surface area (Å²) < 4.78 is 43.4. The van der Waals surface area contributed by atoms with E-state index in [0.29, 0.717) is 30.1 Å². The van der Waals surface area contributed by atoms with Crippen LogP contribution < -0.4 is 5.73 Å². The summed E-state index contributed by atoms with van der Waals surface area (Å²) in [7, 11) is 0. The number of hydrogen-bond acceptors (Lipinski definition) is 3. The molecule has 1 aromatic carbocycles. The summed E-state index contributed by atoms with van der Waals surface area (Å²) in [5, 5.41) is 0. The van der Waals surface area contributed by atoms with Crippen molar-refractivity contribution in [3.63, 3.8) is 0 Å². The molecule has 108 valence electrons. The summed E-state index contributed by atoms with van der Waals surface area (Å²) in [6, 6.07) is 3.23. The van der Waals surface area contributed by atoms with Gasteiger partial charge in [-0.2, -0.15) is 13.2 Å². The van der Waals surface area contributed by atoms with Crippen LogP contribution in [0.2, 0.25) is 0 Å². The molecule has 3 N–H and O–H groups in total. The SMILES string of the molecule is CC1(c2nc3ccc(C(F)(F)F)cc3[nH]2)COCC1N. The van der Waals surface area contributed by atoms with Crippen molar-refractivity contribution in [1.82, 2.24) is 9.97 Å². The molecule has 20 heavy (non-hydrogen) atoms. The van der Waals surface area contributed by atoms with E-state index in [9.17, 15) is 13.2 Å². The number of aromatic amines is 1. The van der Waals surface area contributed by atoms with E-state index in [1.54, 1.807) is 0 Å². The van der Waals surface area contributed by atoms with Gasteiger partial charge in [0.2, 0.25) is 0 Å². The average Bonchev–Trinajstić information content (AvgIpc) is 2.93. The number of benzene rings is 1. The molecule has 7 heteroatoms. The van der Waals surface area contributed by atoms with Crippen LogP contribution in [0.1, 0.15) is 18.3 Å². The number of nitrogens with two attached hydrogens (primary N) is 1. The molecule has 1 aliphatic rings. The van der Waals surface area contributed by atoms with E-state index >= 15 is 0 Å². The minimum absolute atomic E-state index is 0.231. The summed E-state index contributed by atoms with van der Waals surface area (Å²) in [6.07, 6.45) is -4.36. The molecule has 0 aliphatic carbocycles. The standard InChI is InChI=1S/C13H14F3N3O/c1-12(6-20-5-10(12)17)11-18-8-3-2-7(13(14,15)16)4-9(8)19-11/h2-4,10H,5-6,17H2,1H3,(H,18,19). The number of ether oxygens (including phenoxy) is 1. The largest absolute Gasteiger partial charge is 0.416 e. The number of aromatic nitrogens is 2. The normalized spacial score (nSPS) is 27.4. The van der Waals surface area contributed by atoms with Crippen LogP contribution in [0.15, 0.2) is 18.2 Å². The van der Waals surface area contributed by atoms with Crippen LogP contribution in [0.25, 0.3) is 11.0 Å². The zero-order valence-corrected chi connectivity index (χ0v) is 10.8. The van der Waals surface area contributed by atoms with Gasteiger partial charge in [0.25, 0.3) is 0 Å². The maximum atomic E-state index is 12.7. The Kier molecular flexibility index (Phi) is 2.81. The lowest BCUT2D eigenvalue weighted by Gasteiger charge is -2.23. The predicted molar refractivity (Wildman–Crippen MR) is 67.2 cm³/mol. The lowest BCUT2D eigenvalue weighted by Crippen LogP contribution is -2.42. The highest BCUT2D eigenvalue weighted by Gasteiger charge is 2.42. The Hall–Kier alpha value is -1.60. The molecule has 2 heterocycles. The van der Waals surface area contributed by atoms with Crippen molar-refractivity contribution in [3.8, 4) is 0 Å². The molecule has 2 unspecified atom stereocenters. The first kappa shape index (κ1) is 13.4. The van der Waals surface area contributed by atoms with Gasteiger partial charge in [-0.15, -0.1) is 0 Å². The van der Waals surface area contributed by atoms with Gasteiger partial charge in [0, 0.05) is 6.04 Å². The van der Waals surface area contributed by atoms with E-state index in [4.69, 9.17) is 10.5 Å². The molecule has 1 saturated heterocycles. The third-order valence-corrected chi connectivity index (χ3v) is 3.87. The summed E-state index contributed by atoms with van der Waals surface area (Å²) in [5.41, 5.74) is 5.65. The molecule has 4 nitrogen and oxygen atoms in total. The van der Waals surface area contributed by atoms with Crippen LogP contribution in [0.4, 0.5) is 13.2 Å². The number of rotatable bonds is 1. The highest BCUT2D eigenvalue weighted by atomic mass is 19.4. The van der Waals surface area contributed by atoms with Gasteiger partial charge in [-0.3, -0.25) is 0 Å². The molecule has 0 saturated carbocycles. The van der Waals surface area contributed by atoms with Gasteiger partial charge < -0.3 is 15.5 Å². The fourth-order valence-corrected chi connectivity index (χ4v) is 2.39. The van der Waals surface area contributed by atoms with Crippen molar-refractivity contribution in [2.24, 2.45) is 5.73 Å². The number of alkyl halides is 3. The molecule has 0 radical (unpaired) electrons. The van der Waals surface area contributed by atoms with Crippen molar-refractivity contribution >= 4 is 11.0 Å². The third-order valence-electron chi connectivity index (χ3n) is 3.87. The smallest absolute Gasteiger partial charge is 0.379 e. The summed E-state index contributed by atoms with van der Waals surface area (Å²) in [6.45, 7) is 2.72. The second kappa shape index (κ2) is 4.20. The van der Waals surface area contributed by atoms with Gasteiger partial charge in [0.1, 0.15) is 5.82 Å². The van der Waals surface area contributed by atoms with Crippen molar-refractivity contribution < 1.29 is 17.9 Å². The third kappa shape index (κ3) is 1.97. The van der Waals surface area contributed by atoms with Gasteiger partial charge in [-0.05, 0) is 25.1 Å². The molecule has 1 fully saturated rings. The summed E-state index contributed by atoms with van der Waals surface area (Å²) >= 11 is 0. The minimum Gasteiger partial charge on any atom is -0.379 e. The maximum Gasteiger partial charge on any atom is 0.416 e. The molecular weight excluding hydrogens is 271 g/mol. The Balaban J connectivity index is 2.07. The van der Waals surface area contributed by atoms with E-state index in [2.05, 4.69) is 9.97 Å². The quantitative estimate of drug-likeness (QED) is 0.844.